The molecule has 6 nitrogen and oxygen atoms in total. The van der Waals surface area contributed by atoms with E-state index >= 15 is 0 Å². The van der Waals surface area contributed by atoms with Gasteiger partial charge in [-0.1, -0.05) is 6.07 Å². The smallest absolute Gasteiger partial charge is 0.271 e. The number of nitro groups is 1. The molecule has 1 aromatic carbocycles. The van der Waals surface area contributed by atoms with Crippen LogP contribution in [0.4, 0.5) is 11.4 Å². The van der Waals surface area contributed by atoms with Gasteiger partial charge in [-0.05, 0) is 6.07 Å². The maximum absolute atomic E-state index is 11.8. The van der Waals surface area contributed by atoms with Crippen LogP contribution >= 0.6 is 24.2 Å². The number of hydrogen-bond acceptors (Lipinski definition) is 5. The van der Waals surface area contributed by atoms with Crippen LogP contribution in [-0.4, -0.2) is 34.9 Å². The molecule has 1 aromatic rings. The molecule has 2 N–H and O–H groups in total. The number of halogens is 1. The van der Waals surface area contributed by atoms with Crippen LogP contribution in [-0.2, 0) is 4.79 Å². The van der Waals surface area contributed by atoms with Gasteiger partial charge in [-0.25, -0.2) is 0 Å². The zero-order valence-corrected chi connectivity index (χ0v) is 12.3. The molecule has 1 atom stereocenters. The highest BCUT2D eigenvalue weighted by atomic mass is 35.5. The summed E-state index contributed by atoms with van der Waals surface area (Å²) in [5.41, 5.74) is 0.437. The summed E-state index contributed by atoms with van der Waals surface area (Å²) in [7, 11) is 0. The van der Waals surface area contributed by atoms with Crippen molar-refractivity contribution in [1.29, 1.82) is 0 Å². The topological polar surface area (TPSA) is 84.3 Å². The van der Waals surface area contributed by atoms with Gasteiger partial charge >= 0.3 is 0 Å². The fourth-order valence-electron chi connectivity index (χ4n) is 1.88. The Morgan fingerprint density at radius 1 is 1.55 bits per heavy atom. The van der Waals surface area contributed by atoms with Crippen LogP contribution in [0.25, 0.3) is 0 Å². The van der Waals surface area contributed by atoms with E-state index in [1.165, 1.54) is 12.1 Å². The Balaban J connectivity index is 0.00000200. The number of anilines is 1. The van der Waals surface area contributed by atoms with Gasteiger partial charge in [0, 0.05) is 48.3 Å². The Morgan fingerprint density at radius 2 is 2.35 bits per heavy atom. The quantitative estimate of drug-likeness (QED) is 0.656. The first kappa shape index (κ1) is 16.7. The first-order valence-corrected chi connectivity index (χ1v) is 7.16. The highest BCUT2D eigenvalue weighted by Gasteiger charge is 2.17. The molecule has 0 spiro atoms. The number of nitro benzene ring substituents is 1. The summed E-state index contributed by atoms with van der Waals surface area (Å²) < 4.78 is 0. The number of non-ortho nitro benzene ring substituents is 1. The van der Waals surface area contributed by atoms with Crippen LogP contribution in [0.5, 0.6) is 0 Å². The third-order valence-corrected chi connectivity index (χ3v) is 3.90. The van der Waals surface area contributed by atoms with Crippen molar-refractivity contribution in [2.75, 3.05) is 23.4 Å². The zero-order valence-electron chi connectivity index (χ0n) is 10.7. The van der Waals surface area contributed by atoms with Crippen molar-refractivity contribution in [2.45, 2.75) is 12.5 Å². The number of hydrogen-bond donors (Lipinski definition) is 2. The van der Waals surface area contributed by atoms with Gasteiger partial charge < -0.3 is 10.6 Å². The van der Waals surface area contributed by atoms with Gasteiger partial charge in [-0.15, -0.1) is 12.4 Å². The number of rotatable bonds is 4. The fourth-order valence-corrected chi connectivity index (χ4v) is 2.83. The van der Waals surface area contributed by atoms with E-state index in [2.05, 4.69) is 10.6 Å². The number of benzene rings is 1. The van der Waals surface area contributed by atoms with E-state index in [-0.39, 0.29) is 30.0 Å². The van der Waals surface area contributed by atoms with Crippen LogP contribution in [0.15, 0.2) is 24.3 Å². The van der Waals surface area contributed by atoms with Crippen LogP contribution in [0.3, 0.4) is 0 Å². The van der Waals surface area contributed by atoms with Crippen LogP contribution in [0, 0.1) is 10.1 Å². The average molecular weight is 318 g/mol. The first-order valence-electron chi connectivity index (χ1n) is 6.00. The van der Waals surface area contributed by atoms with Gasteiger partial charge in [-0.3, -0.25) is 14.9 Å². The first-order chi connectivity index (χ1) is 9.15. The minimum atomic E-state index is -0.477. The van der Waals surface area contributed by atoms with Crippen LogP contribution < -0.4 is 10.6 Å². The van der Waals surface area contributed by atoms with Crippen molar-refractivity contribution in [3.05, 3.63) is 34.4 Å². The summed E-state index contributed by atoms with van der Waals surface area (Å²) >= 11 is 1.83. The minimum Gasteiger partial charge on any atom is -0.326 e. The number of nitrogens with one attached hydrogen (secondary N) is 2. The summed E-state index contributed by atoms with van der Waals surface area (Å²) in [6.07, 6.45) is 0.385. The van der Waals surface area contributed by atoms with Crippen molar-refractivity contribution in [3.8, 4) is 0 Å². The fraction of sp³-hybridized carbons (Fsp3) is 0.417. The molecule has 0 radical (unpaired) electrons. The predicted octanol–water partition coefficient (Wildman–Crippen LogP) is 2.05. The molecular formula is C12H16ClN3O3S. The lowest BCUT2D eigenvalue weighted by Crippen LogP contribution is -2.39. The second-order valence-corrected chi connectivity index (χ2v) is 5.44. The second kappa shape index (κ2) is 8.08. The summed E-state index contributed by atoms with van der Waals surface area (Å²) in [6, 6.07) is 6.14. The molecule has 0 aromatic heterocycles. The van der Waals surface area contributed by atoms with E-state index in [4.69, 9.17) is 0 Å². The van der Waals surface area contributed by atoms with Crippen LogP contribution in [0.2, 0.25) is 0 Å². The van der Waals surface area contributed by atoms with E-state index in [1.54, 1.807) is 12.1 Å². The van der Waals surface area contributed by atoms with Crippen molar-refractivity contribution in [3.63, 3.8) is 0 Å². The van der Waals surface area contributed by atoms with Gasteiger partial charge in [-0.2, -0.15) is 11.8 Å². The molecule has 1 aliphatic heterocycles. The molecule has 2 rings (SSSR count). The SMILES string of the molecule is Cl.O=C(CC1CSCCN1)Nc1cccc([N+](=O)[O-])c1. The molecule has 8 heteroatoms. The Morgan fingerprint density at radius 3 is 3.00 bits per heavy atom. The lowest BCUT2D eigenvalue weighted by Gasteiger charge is -2.22. The molecule has 1 fully saturated rings. The number of amides is 1. The number of carbonyl (C=O) groups is 1. The normalized spacial score (nSPS) is 17.9. The molecule has 1 unspecified atom stereocenters. The van der Waals surface area contributed by atoms with E-state index in [0.29, 0.717) is 12.1 Å². The van der Waals surface area contributed by atoms with E-state index in [0.717, 1.165) is 18.1 Å². The van der Waals surface area contributed by atoms with Crippen molar-refractivity contribution < 1.29 is 9.72 Å². The molecule has 0 aliphatic carbocycles. The number of thioether (sulfide) groups is 1. The van der Waals surface area contributed by atoms with E-state index in [1.807, 2.05) is 11.8 Å². The lowest BCUT2D eigenvalue weighted by atomic mass is 10.2. The van der Waals surface area contributed by atoms with Gasteiger partial charge in [0.25, 0.3) is 5.69 Å². The summed E-state index contributed by atoms with van der Waals surface area (Å²) in [4.78, 5) is 22.0. The average Bonchev–Trinajstić information content (AvgIpc) is 2.40. The molecule has 20 heavy (non-hydrogen) atoms. The van der Waals surface area contributed by atoms with E-state index in [9.17, 15) is 14.9 Å². The Labute approximate surface area is 127 Å². The highest BCUT2D eigenvalue weighted by Crippen LogP contribution is 2.18. The summed E-state index contributed by atoms with van der Waals surface area (Å²) in [5, 5.41) is 16.6. The second-order valence-electron chi connectivity index (χ2n) is 4.29. The largest absolute Gasteiger partial charge is 0.326 e. The standard InChI is InChI=1S/C12H15N3O3S.ClH/c16-12(7-10-8-19-5-4-13-10)14-9-2-1-3-11(6-9)15(17)18;/h1-3,6,10,13H,4-5,7-8H2,(H,14,16);1H. The third-order valence-electron chi connectivity index (χ3n) is 2.77. The molecular weight excluding hydrogens is 302 g/mol. The Kier molecular flexibility index (Phi) is 6.77. The molecule has 0 saturated carbocycles. The van der Waals surface area contributed by atoms with Crippen molar-refractivity contribution in [1.82, 2.24) is 5.32 Å². The van der Waals surface area contributed by atoms with Gasteiger partial charge in [0.1, 0.15) is 0 Å². The van der Waals surface area contributed by atoms with Crippen LogP contribution in [0.1, 0.15) is 6.42 Å². The minimum absolute atomic E-state index is 0. The molecule has 1 heterocycles. The molecule has 1 saturated heterocycles. The monoisotopic (exact) mass is 317 g/mol. The van der Waals surface area contributed by atoms with Crippen molar-refractivity contribution >= 4 is 41.5 Å². The molecule has 1 aliphatic rings. The lowest BCUT2D eigenvalue weighted by molar-refractivity contribution is -0.384. The highest BCUT2D eigenvalue weighted by molar-refractivity contribution is 7.99. The third kappa shape index (κ3) is 4.99. The predicted molar refractivity (Wildman–Crippen MR) is 82.7 cm³/mol. The summed E-state index contributed by atoms with van der Waals surface area (Å²) in [5.74, 6) is 1.87. The Hall–Kier alpha value is -1.31. The van der Waals surface area contributed by atoms with Gasteiger partial charge in [0.15, 0.2) is 0 Å². The van der Waals surface area contributed by atoms with E-state index < -0.39 is 4.92 Å². The number of carbonyl (C=O) groups excluding carboxylic acids is 1. The zero-order chi connectivity index (χ0) is 13.7. The summed E-state index contributed by atoms with van der Waals surface area (Å²) in [6.45, 7) is 0.916. The maximum Gasteiger partial charge on any atom is 0.271 e. The van der Waals surface area contributed by atoms with Gasteiger partial charge in [0.05, 0.1) is 4.92 Å². The van der Waals surface area contributed by atoms with Gasteiger partial charge in [0.2, 0.25) is 5.91 Å². The molecule has 110 valence electrons. The maximum atomic E-state index is 11.8. The van der Waals surface area contributed by atoms with Crippen molar-refractivity contribution in [2.24, 2.45) is 0 Å². The molecule has 1 amide bonds. The Bertz CT molecular complexity index is 481. The number of nitrogens with zero attached hydrogens (tertiary/aromatic N) is 1. The molecule has 0 bridgehead atoms.